The number of nitrogens with zero attached hydrogens (tertiary/aromatic N) is 1. The molecule has 1 saturated heterocycles. The normalized spacial score (nSPS) is 21.0. The van der Waals surface area contributed by atoms with Crippen LogP contribution in [0.1, 0.15) is 60.6 Å². The first-order valence-electron chi connectivity index (χ1n) is 14.6. The van der Waals surface area contributed by atoms with Gasteiger partial charge in [-0.1, -0.05) is 78.4 Å². The molecule has 4 aromatic carbocycles. The number of benzene rings is 4. The Morgan fingerprint density at radius 3 is 2.33 bits per heavy atom. The molecule has 2 aliphatic heterocycles. The Bertz CT molecular complexity index is 1800. The third-order valence-corrected chi connectivity index (χ3v) is 9.14. The quantitative estimate of drug-likeness (QED) is 0.190. The number of hydrogen-bond donors (Lipinski definition) is 0. The average molecular weight is 570 g/mol. The van der Waals surface area contributed by atoms with Gasteiger partial charge in [0.2, 0.25) is 0 Å². The minimum Gasteiger partial charge on any atom is -0.497 e. The third-order valence-electron chi connectivity index (χ3n) is 9.14. The van der Waals surface area contributed by atoms with Gasteiger partial charge in [0.25, 0.3) is 0 Å². The maximum atomic E-state index is 14.9. The van der Waals surface area contributed by atoms with Gasteiger partial charge in [0, 0.05) is 33.9 Å². The Hall–Kier alpha value is -4.97. The van der Waals surface area contributed by atoms with Gasteiger partial charge in [-0.2, -0.15) is 0 Å². The highest BCUT2D eigenvalue weighted by molar-refractivity contribution is 6.32. The predicted molar refractivity (Wildman–Crippen MR) is 165 cm³/mol. The number of fused-ring (bicyclic) bond motifs is 5. The van der Waals surface area contributed by atoms with E-state index in [-0.39, 0.29) is 17.3 Å². The van der Waals surface area contributed by atoms with Gasteiger partial charge in [0.05, 0.1) is 19.8 Å². The molecule has 0 unspecified atom stereocenters. The minimum atomic E-state index is -1.59. The summed E-state index contributed by atoms with van der Waals surface area (Å²) in [5.74, 6) is -0.460. The standard InChI is InChI=1S/C37H31NO5/c1-4-43-30-15-8-7-14-28(30)32-33(34(39)24-10-9-11-25(21-24)42-3)38-29-18-16-22(2)20-23(29)17-19-31(38)37(32)35(40)26-12-5-6-13-27(26)36(37)41/h5-21,31-33H,4H2,1-3H3/t31-,32+,33+/m0/s1. The summed E-state index contributed by atoms with van der Waals surface area (Å²) in [5, 5.41) is 0. The molecule has 3 aliphatic rings. The van der Waals surface area contributed by atoms with E-state index in [4.69, 9.17) is 9.47 Å². The van der Waals surface area contributed by atoms with E-state index in [2.05, 4.69) is 6.07 Å². The highest BCUT2D eigenvalue weighted by atomic mass is 16.5. The van der Waals surface area contributed by atoms with Gasteiger partial charge in [0.15, 0.2) is 17.3 Å². The van der Waals surface area contributed by atoms with Crippen molar-refractivity contribution in [2.45, 2.75) is 31.8 Å². The number of carbonyl (C=O) groups excluding carboxylic acids is 3. The summed E-state index contributed by atoms with van der Waals surface area (Å²) < 4.78 is 11.6. The molecule has 1 fully saturated rings. The smallest absolute Gasteiger partial charge is 0.186 e. The molecular weight excluding hydrogens is 538 g/mol. The van der Waals surface area contributed by atoms with Crippen molar-refractivity contribution < 1.29 is 23.9 Å². The zero-order chi connectivity index (χ0) is 29.9. The van der Waals surface area contributed by atoms with Crippen molar-refractivity contribution in [3.05, 3.63) is 130 Å². The van der Waals surface area contributed by atoms with E-state index in [1.165, 1.54) is 0 Å². The Morgan fingerprint density at radius 2 is 1.60 bits per heavy atom. The highest BCUT2D eigenvalue weighted by Gasteiger charge is 2.72. The van der Waals surface area contributed by atoms with E-state index in [9.17, 15) is 14.4 Å². The Balaban J connectivity index is 1.56. The third kappa shape index (κ3) is 3.75. The maximum Gasteiger partial charge on any atom is 0.186 e. The molecule has 0 aromatic heterocycles. The molecule has 43 heavy (non-hydrogen) atoms. The molecule has 0 bridgehead atoms. The fraction of sp³-hybridized carbons (Fsp3) is 0.216. The van der Waals surface area contributed by atoms with Gasteiger partial charge in [-0.3, -0.25) is 14.4 Å². The Labute approximate surface area is 250 Å². The van der Waals surface area contributed by atoms with Gasteiger partial charge in [-0.05, 0) is 49.7 Å². The molecule has 6 heteroatoms. The van der Waals surface area contributed by atoms with Crippen molar-refractivity contribution in [1.29, 1.82) is 0 Å². The fourth-order valence-corrected chi connectivity index (χ4v) is 7.41. The topological polar surface area (TPSA) is 72.9 Å². The Morgan fingerprint density at radius 1 is 0.884 bits per heavy atom. The molecule has 4 aromatic rings. The van der Waals surface area contributed by atoms with Crippen LogP contribution in [-0.4, -0.2) is 43.2 Å². The zero-order valence-corrected chi connectivity index (χ0v) is 24.2. The summed E-state index contributed by atoms with van der Waals surface area (Å²) in [4.78, 5) is 46.7. The first kappa shape index (κ1) is 26.9. The molecule has 214 valence electrons. The summed E-state index contributed by atoms with van der Waals surface area (Å²) in [5.41, 5.74) is 3.12. The van der Waals surface area contributed by atoms with Crippen molar-refractivity contribution in [2.24, 2.45) is 5.41 Å². The minimum absolute atomic E-state index is 0.199. The van der Waals surface area contributed by atoms with Crippen molar-refractivity contribution >= 4 is 29.1 Å². The van der Waals surface area contributed by atoms with Crippen LogP contribution in [0.4, 0.5) is 5.69 Å². The summed E-state index contributed by atoms with van der Waals surface area (Å²) in [7, 11) is 1.56. The average Bonchev–Trinajstić information content (AvgIpc) is 3.47. The number of anilines is 1. The number of Topliss-reactive ketones (excluding diaryl/α,β-unsaturated/α-hetero) is 3. The molecule has 0 N–H and O–H groups in total. The number of rotatable bonds is 6. The number of aryl methyl sites for hydroxylation is 1. The van der Waals surface area contributed by atoms with Crippen molar-refractivity contribution in [1.82, 2.24) is 0 Å². The number of para-hydroxylation sites is 1. The van der Waals surface area contributed by atoms with Crippen LogP contribution in [0.15, 0.2) is 97.1 Å². The first-order chi connectivity index (χ1) is 20.9. The number of ketones is 3. The van der Waals surface area contributed by atoms with Gasteiger partial charge in [-0.25, -0.2) is 0 Å². The monoisotopic (exact) mass is 569 g/mol. The molecule has 3 atom stereocenters. The van der Waals surface area contributed by atoms with E-state index in [0.29, 0.717) is 40.4 Å². The van der Waals surface area contributed by atoms with Crippen LogP contribution in [-0.2, 0) is 0 Å². The van der Waals surface area contributed by atoms with Gasteiger partial charge >= 0.3 is 0 Å². The first-order valence-corrected chi connectivity index (χ1v) is 14.6. The van der Waals surface area contributed by atoms with Crippen LogP contribution < -0.4 is 14.4 Å². The number of carbonyl (C=O) groups is 3. The fourth-order valence-electron chi connectivity index (χ4n) is 7.41. The van der Waals surface area contributed by atoms with Gasteiger partial charge < -0.3 is 14.4 Å². The van der Waals surface area contributed by atoms with E-state index < -0.39 is 23.4 Å². The lowest BCUT2D eigenvalue weighted by Gasteiger charge is -2.37. The summed E-state index contributed by atoms with van der Waals surface area (Å²) in [6.45, 7) is 4.31. The SMILES string of the molecule is CCOc1ccccc1[C@@H]1[C@H](C(=O)c2cccc(OC)c2)N2c3ccc(C)cc3C=C[C@H]2C12C(=O)c1ccccc1C2=O. The van der Waals surface area contributed by atoms with Crippen LogP contribution in [0.5, 0.6) is 11.5 Å². The molecule has 7 rings (SSSR count). The maximum absolute atomic E-state index is 14.9. The molecule has 0 saturated carbocycles. The molecule has 2 heterocycles. The molecule has 1 aliphatic carbocycles. The molecule has 1 spiro atoms. The van der Waals surface area contributed by atoms with Crippen molar-refractivity contribution in [2.75, 3.05) is 18.6 Å². The molecule has 0 radical (unpaired) electrons. The lowest BCUT2D eigenvalue weighted by molar-refractivity contribution is 0.0664. The van der Waals surface area contributed by atoms with Crippen LogP contribution in [0.3, 0.4) is 0 Å². The van der Waals surface area contributed by atoms with Crippen LogP contribution in [0.2, 0.25) is 0 Å². The van der Waals surface area contributed by atoms with Crippen LogP contribution >= 0.6 is 0 Å². The van der Waals surface area contributed by atoms with Crippen molar-refractivity contribution in [3.8, 4) is 11.5 Å². The van der Waals surface area contributed by atoms with Crippen LogP contribution in [0.25, 0.3) is 6.08 Å². The van der Waals surface area contributed by atoms with E-state index in [0.717, 1.165) is 16.8 Å². The second-order valence-corrected chi connectivity index (χ2v) is 11.3. The number of hydrogen-bond acceptors (Lipinski definition) is 6. The second kappa shape index (κ2) is 10.1. The zero-order valence-electron chi connectivity index (χ0n) is 24.2. The van der Waals surface area contributed by atoms with Crippen molar-refractivity contribution in [3.63, 3.8) is 0 Å². The molecule has 6 nitrogen and oxygen atoms in total. The van der Waals surface area contributed by atoms with Gasteiger partial charge in [0.1, 0.15) is 23.0 Å². The van der Waals surface area contributed by atoms with E-state index in [1.807, 2.05) is 67.3 Å². The highest BCUT2D eigenvalue weighted by Crippen LogP contribution is 2.62. The summed E-state index contributed by atoms with van der Waals surface area (Å²) in [6, 6.07) is 26.0. The lowest BCUT2D eigenvalue weighted by atomic mass is 9.64. The lowest BCUT2D eigenvalue weighted by Crippen LogP contribution is -2.48. The molecule has 0 amide bonds. The molecular formula is C37H31NO5. The Kier molecular flexibility index (Phi) is 6.31. The van der Waals surface area contributed by atoms with Crippen LogP contribution in [0, 0.1) is 12.3 Å². The summed E-state index contributed by atoms with van der Waals surface area (Å²) in [6.07, 6.45) is 3.93. The second-order valence-electron chi connectivity index (χ2n) is 11.3. The van der Waals surface area contributed by atoms with Gasteiger partial charge in [-0.15, -0.1) is 0 Å². The van der Waals surface area contributed by atoms with E-state index in [1.54, 1.807) is 55.6 Å². The predicted octanol–water partition coefficient (Wildman–Crippen LogP) is 6.72. The summed E-state index contributed by atoms with van der Waals surface area (Å²) >= 11 is 0. The number of methoxy groups -OCH3 is 1. The largest absolute Gasteiger partial charge is 0.497 e. The van der Waals surface area contributed by atoms with E-state index >= 15 is 0 Å². The number of ether oxygens (including phenoxy) is 2.